The van der Waals surface area contributed by atoms with Gasteiger partial charge in [-0.25, -0.2) is 0 Å². The normalized spacial score (nSPS) is 10.9. The third kappa shape index (κ3) is 8.24. The van der Waals surface area contributed by atoms with E-state index in [2.05, 4.69) is 52.9 Å². The van der Waals surface area contributed by atoms with E-state index < -0.39 is 0 Å². The third-order valence-electron chi connectivity index (χ3n) is 4.28. The number of halogens is 3. The molecule has 172 valence electrons. The molecule has 0 fully saturated rings. The fourth-order valence-electron chi connectivity index (χ4n) is 2.67. The molecule has 0 aliphatic heterocycles. The second kappa shape index (κ2) is 11.8. The van der Waals surface area contributed by atoms with E-state index in [0.717, 1.165) is 10.0 Å². The summed E-state index contributed by atoms with van der Waals surface area (Å²) in [5, 5.41) is 3.45. The van der Waals surface area contributed by atoms with Crippen molar-refractivity contribution in [1.29, 1.82) is 0 Å². The molecule has 0 aliphatic carbocycles. The van der Waals surface area contributed by atoms with Gasteiger partial charge in [-0.05, 0) is 59.9 Å². The maximum absolute atomic E-state index is 12.4. The maximum atomic E-state index is 12.4. The predicted molar refractivity (Wildman–Crippen MR) is 135 cm³/mol. The second-order valence-electron chi connectivity index (χ2n) is 7.93. The van der Waals surface area contributed by atoms with Crippen molar-refractivity contribution in [3.8, 4) is 5.75 Å². The molecule has 0 aliphatic rings. The molecule has 2 amide bonds. The van der Waals surface area contributed by atoms with Gasteiger partial charge in [-0.1, -0.05) is 66.0 Å². The Balaban J connectivity index is 1.72. The van der Waals surface area contributed by atoms with Gasteiger partial charge in [0.05, 0.1) is 11.6 Å². The Morgan fingerprint density at radius 2 is 1.81 bits per heavy atom. The van der Waals surface area contributed by atoms with Crippen molar-refractivity contribution in [2.75, 3.05) is 6.61 Å². The molecular weight excluding hydrogens is 537 g/mol. The number of benzene rings is 2. The van der Waals surface area contributed by atoms with Crippen molar-refractivity contribution < 1.29 is 14.3 Å². The van der Waals surface area contributed by atoms with E-state index in [4.69, 9.17) is 40.2 Å². The number of hydrazine groups is 1. The number of amides is 2. The summed E-state index contributed by atoms with van der Waals surface area (Å²) in [4.78, 5) is 24.4. The van der Waals surface area contributed by atoms with Crippen molar-refractivity contribution in [3.63, 3.8) is 0 Å². The smallest absolute Gasteiger partial charge is 0.257 e. The summed E-state index contributed by atoms with van der Waals surface area (Å²) >= 11 is 20.4. The van der Waals surface area contributed by atoms with Crippen LogP contribution in [0, 0.1) is 0 Å². The zero-order chi connectivity index (χ0) is 23.9. The number of ether oxygens (including phenoxy) is 1. The first-order valence-electron chi connectivity index (χ1n) is 9.75. The molecule has 2 aromatic rings. The van der Waals surface area contributed by atoms with Crippen molar-refractivity contribution >= 4 is 68.3 Å². The van der Waals surface area contributed by atoms with Crippen LogP contribution in [-0.4, -0.2) is 23.5 Å². The van der Waals surface area contributed by atoms with Crippen LogP contribution in [-0.2, 0) is 10.2 Å². The fraction of sp³-hybridized carbons (Fsp3) is 0.318. The zero-order valence-corrected chi connectivity index (χ0v) is 21.8. The number of thiocarbonyl (C=S) groups is 1. The van der Waals surface area contributed by atoms with Crippen LogP contribution in [0.15, 0.2) is 40.9 Å². The molecule has 32 heavy (non-hydrogen) atoms. The summed E-state index contributed by atoms with van der Waals surface area (Å²) in [5.74, 6) is -0.184. The standard InChI is InChI=1S/C22H24BrCl2N3O3S/c1-22(2,3)15-8-6-13(11-16(15)23)20(30)26-21(32)28-27-19(29)5-4-10-31-18-9-7-14(24)12-17(18)25/h6-9,11-12H,4-5,10H2,1-3H3,(H,27,29)(H2,26,28,30,32). The van der Waals surface area contributed by atoms with E-state index in [0.29, 0.717) is 34.4 Å². The predicted octanol–water partition coefficient (Wildman–Crippen LogP) is 5.55. The highest BCUT2D eigenvalue weighted by Crippen LogP contribution is 2.30. The number of hydrogen-bond acceptors (Lipinski definition) is 4. The van der Waals surface area contributed by atoms with Gasteiger partial charge in [-0.15, -0.1) is 0 Å². The summed E-state index contributed by atoms with van der Waals surface area (Å²) in [6.07, 6.45) is 0.649. The van der Waals surface area contributed by atoms with Crippen molar-refractivity contribution in [2.45, 2.75) is 39.0 Å². The van der Waals surface area contributed by atoms with E-state index in [1.165, 1.54) is 0 Å². The molecule has 0 spiro atoms. The van der Waals surface area contributed by atoms with E-state index in [-0.39, 0.29) is 28.8 Å². The van der Waals surface area contributed by atoms with Gasteiger partial charge < -0.3 is 4.74 Å². The molecule has 0 bridgehead atoms. The van der Waals surface area contributed by atoms with Crippen LogP contribution in [0.4, 0.5) is 0 Å². The third-order valence-corrected chi connectivity index (χ3v) is 5.67. The molecule has 0 saturated carbocycles. The van der Waals surface area contributed by atoms with Crippen molar-refractivity contribution in [1.82, 2.24) is 16.2 Å². The van der Waals surface area contributed by atoms with Crippen LogP contribution in [0.5, 0.6) is 5.75 Å². The molecule has 6 nitrogen and oxygen atoms in total. The minimum Gasteiger partial charge on any atom is -0.492 e. The molecule has 2 rings (SSSR count). The molecule has 2 aromatic carbocycles. The minimum atomic E-state index is -0.383. The number of carbonyl (C=O) groups is 2. The lowest BCUT2D eigenvalue weighted by atomic mass is 9.86. The van der Waals surface area contributed by atoms with E-state index >= 15 is 0 Å². The molecule has 0 atom stereocenters. The van der Waals surface area contributed by atoms with Gasteiger partial charge in [-0.2, -0.15) is 0 Å². The van der Waals surface area contributed by atoms with Crippen LogP contribution >= 0.6 is 51.3 Å². The van der Waals surface area contributed by atoms with Crippen molar-refractivity contribution in [3.05, 3.63) is 62.0 Å². The van der Waals surface area contributed by atoms with E-state index in [1.54, 1.807) is 30.3 Å². The van der Waals surface area contributed by atoms with Gasteiger partial charge >= 0.3 is 0 Å². The lowest BCUT2D eigenvalue weighted by Gasteiger charge is -2.21. The summed E-state index contributed by atoms with van der Waals surface area (Å²) in [5.41, 5.74) is 6.44. The minimum absolute atomic E-state index is 0.0106. The van der Waals surface area contributed by atoms with Crippen LogP contribution in [0.25, 0.3) is 0 Å². The Hall–Kier alpha value is -1.87. The zero-order valence-electron chi connectivity index (χ0n) is 17.9. The molecule has 10 heteroatoms. The lowest BCUT2D eigenvalue weighted by molar-refractivity contribution is -0.121. The molecule has 0 radical (unpaired) electrons. The summed E-state index contributed by atoms with van der Waals surface area (Å²) in [7, 11) is 0. The lowest BCUT2D eigenvalue weighted by Crippen LogP contribution is -2.48. The fourth-order valence-corrected chi connectivity index (χ4v) is 4.25. The first kappa shape index (κ1) is 26.4. The SMILES string of the molecule is CC(C)(C)c1ccc(C(=O)NC(=S)NNC(=O)CCCOc2ccc(Cl)cc2Cl)cc1Br. The summed E-state index contributed by atoms with van der Waals surface area (Å²) in [6, 6.07) is 10.3. The summed E-state index contributed by atoms with van der Waals surface area (Å²) in [6.45, 7) is 6.57. The average molecular weight is 561 g/mol. The molecule has 0 unspecified atom stereocenters. The van der Waals surface area contributed by atoms with Crippen molar-refractivity contribution in [2.24, 2.45) is 0 Å². The van der Waals surface area contributed by atoms with Crippen LogP contribution < -0.4 is 20.9 Å². The number of rotatable bonds is 6. The monoisotopic (exact) mass is 559 g/mol. The molecule has 0 aromatic heterocycles. The molecule has 0 heterocycles. The van der Waals surface area contributed by atoms with Crippen LogP contribution in [0.1, 0.15) is 49.5 Å². The Bertz CT molecular complexity index is 1010. The highest BCUT2D eigenvalue weighted by molar-refractivity contribution is 9.10. The van der Waals surface area contributed by atoms with Gasteiger partial charge in [0.2, 0.25) is 5.91 Å². The summed E-state index contributed by atoms with van der Waals surface area (Å²) < 4.78 is 6.37. The Kier molecular flexibility index (Phi) is 9.76. The second-order valence-corrected chi connectivity index (χ2v) is 10.0. The molecule has 3 N–H and O–H groups in total. The number of carbonyl (C=O) groups excluding carboxylic acids is 2. The van der Waals surface area contributed by atoms with Gasteiger partial charge in [0.1, 0.15) is 5.75 Å². The van der Waals surface area contributed by atoms with Gasteiger partial charge in [-0.3, -0.25) is 25.8 Å². The van der Waals surface area contributed by atoms with Gasteiger partial charge in [0.25, 0.3) is 5.91 Å². The largest absolute Gasteiger partial charge is 0.492 e. The Labute approximate surface area is 211 Å². The first-order chi connectivity index (χ1) is 15.0. The highest BCUT2D eigenvalue weighted by atomic mass is 79.9. The average Bonchev–Trinajstić information content (AvgIpc) is 2.69. The van der Waals surface area contributed by atoms with E-state index in [1.807, 2.05) is 6.07 Å². The Morgan fingerprint density at radius 3 is 2.44 bits per heavy atom. The van der Waals surface area contributed by atoms with E-state index in [9.17, 15) is 9.59 Å². The molecular formula is C22H24BrCl2N3O3S. The first-order valence-corrected chi connectivity index (χ1v) is 11.7. The van der Waals surface area contributed by atoms with Crippen LogP contribution in [0.3, 0.4) is 0 Å². The van der Waals surface area contributed by atoms with Gasteiger partial charge in [0, 0.05) is 21.5 Å². The van der Waals surface area contributed by atoms with Crippen LogP contribution in [0.2, 0.25) is 10.0 Å². The topological polar surface area (TPSA) is 79.5 Å². The Morgan fingerprint density at radius 1 is 1.09 bits per heavy atom. The number of hydrogen-bond donors (Lipinski definition) is 3. The molecule has 0 saturated heterocycles. The number of nitrogens with one attached hydrogen (secondary N) is 3. The van der Waals surface area contributed by atoms with Gasteiger partial charge in [0.15, 0.2) is 5.11 Å². The maximum Gasteiger partial charge on any atom is 0.257 e. The highest BCUT2D eigenvalue weighted by Gasteiger charge is 2.18. The quantitative estimate of drug-likeness (QED) is 0.245.